The largest absolute Gasteiger partial charge is 0.478 e. The molecule has 0 saturated carbocycles. The van der Waals surface area contributed by atoms with Crippen LogP contribution in [0.25, 0.3) is 16.7 Å². The number of rotatable bonds is 12. The van der Waals surface area contributed by atoms with Gasteiger partial charge in [-0.3, -0.25) is 0 Å². The first-order valence-electron chi connectivity index (χ1n) is 12.6. The van der Waals surface area contributed by atoms with Crippen LogP contribution in [0.3, 0.4) is 0 Å². The highest BCUT2D eigenvalue weighted by molar-refractivity contribution is 7.98. The van der Waals surface area contributed by atoms with E-state index in [1.807, 2.05) is 48.9 Å². The second-order valence-electron chi connectivity index (χ2n) is 9.06. The van der Waals surface area contributed by atoms with Crippen molar-refractivity contribution in [1.82, 2.24) is 19.6 Å². The predicted octanol–water partition coefficient (Wildman–Crippen LogP) is 5.33. The van der Waals surface area contributed by atoms with E-state index >= 15 is 0 Å². The summed E-state index contributed by atoms with van der Waals surface area (Å²) in [5.74, 6) is -0.218. The minimum Gasteiger partial charge on any atom is -0.478 e. The molecule has 39 heavy (non-hydrogen) atoms. The molecular weight excluding hydrogens is 536 g/mol. The molecule has 0 aliphatic carbocycles. The first kappa shape index (κ1) is 30.0. The Labute approximate surface area is 233 Å². The number of thioether (sulfide) groups is 1. The number of aromatic nitrogens is 2. The molecule has 1 aromatic heterocycles. The number of sulfonamides is 1. The van der Waals surface area contributed by atoms with Crippen molar-refractivity contribution >= 4 is 39.4 Å². The number of carbonyl (C=O) groups is 2. The van der Waals surface area contributed by atoms with Gasteiger partial charge in [0.1, 0.15) is 10.9 Å². The van der Waals surface area contributed by atoms with Crippen molar-refractivity contribution in [3.63, 3.8) is 0 Å². The Hall–Kier alpha value is -3.57. The van der Waals surface area contributed by atoms with Gasteiger partial charge in [-0.1, -0.05) is 69.8 Å². The summed E-state index contributed by atoms with van der Waals surface area (Å²) >= 11 is 1.38. The van der Waals surface area contributed by atoms with Crippen LogP contribution in [-0.2, 0) is 21.4 Å². The zero-order chi connectivity index (χ0) is 28.7. The van der Waals surface area contributed by atoms with Gasteiger partial charge < -0.3 is 15.0 Å². The lowest BCUT2D eigenvalue weighted by Gasteiger charge is -2.16. The fraction of sp³-hybridized carbons (Fsp3) is 0.321. The van der Waals surface area contributed by atoms with Crippen LogP contribution in [0.4, 0.5) is 4.79 Å². The Kier molecular flexibility index (Phi) is 9.98. The molecule has 0 bridgehead atoms. The lowest BCUT2D eigenvalue weighted by atomic mass is 10.0. The molecule has 9 nitrogen and oxygen atoms in total. The zero-order valence-electron chi connectivity index (χ0n) is 22.5. The van der Waals surface area contributed by atoms with Gasteiger partial charge >= 0.3 is 12.0 Å². The maximum absolute atomic E-state index is 13.0. The Morgan fingerprint density at radius 3 is 2.38 bits per heavy atom. The molecule has 2 amide bonds. The van der Waals surface area contributed by atoms with Crippen LogP contribution < -0.4 is 10.0 Å². The fourth-order valence-electron chi connectivity index (χ4n) is 4.07. The SMILES string of the molecule is C=C(C(=O)O)c1c(SC)nc(C(C)CC)n1Cc1ccc(-c2ccccc2S(=O)(=O)NC(=O)NCCC)cc1. The summed E-state index contributed by atoms with van der Waals surface area (Å²) in [6.07, 6.45) is 3.37. The molecule has 0 aliphatic rings. The molecule has 3 N–H and O–H groups in total. The normalized spacial score (nSPS) is 12.1. The van der Waals surface area contributed by atoms with Crippen molar-refractivity contribution in [3.05, 3.63) is 72.2 Å². The highest BCUT2D eigenvalue weighted by Crippen LogP contribution is 2.33. The Morgan fingerprint density at radius 1 is 1.13 bits per heavy atom. The van der Waals surface area contributed by atoms with Gasteiger partial charge in [0.15, 0.2) is 0 Å². The van der Waals surface area contributed by atoms with Crippen molar-refractivity contribution in [2.45, 2.75) is 56.0 Å². The molecule has 3 aromatic rings. The van der Waals surface area contributed by atoms with Crippen LogP contribution in [0.15, 0.2) is 65.0 Å². The number of urea groups is 1. The van der Waals surface area contributed by atoms with Gasteiger partial charge in [-0.2, -0.15) is 0 Å². The van der Waals surface area contributed by atoms with Crippen molar-refractivity contribution in [1.29, 1.82) is 0 Å². The minimum absolute atomic E-state index is 0.0114. The van der Waals surface area contributed by atoms with Crippen molar-refractivity contribution < 1.29 is 23.1 Å². The summed E-state index contributed by atoms with van der Waals surface area (Å²) in [5, 5.41) is 12.8. The van der Waals surface area contributed by atoms with Crippen LogP contribution in [0.2, 0.25) is 0 Å². The average Bonchev–Trinajstić information content (AvgIpc) is 3.29. The molecule has 1 atom stereocenters. The molecule has 0 fully saturated rings. The van der Waals surface area contributed by atoms with E-state index in [0.717, 1.165) is 17.8 Å². The number of aliphatic carboxylic acids is 1. The van der Waals surface area contributed by atoms with Crippen LogP contribution in [0, 0.1) is 0 Å². The van der Waals surface area contributed by atoms with E-state index in [0.29, 0.717) is 41.4 Å². The number of hydrogen-bond donors (Lipinski definition) is 3. The molecule has 0 radical (unpaired) electrons. The summed E-state index contributed by atoms with van der Waals surface area (Å²) in [4.78, 5) is 28.6. The van der Waals surface area contributed by atoms with E-state index in [9.17, 15) is 23.1 Å². The molecule has 0 spiro atoms. The third-order valence-electron chi connectivity index (χ3n) is 6.30. The van der Waals surface area contributed by atoms with Gasteiger partial charge in [-0.25, -0.2) is 27.7 Å². The number of hydrogen-bond acceptors (Lipinski definition) is 6. The van der Waals surface area contributed by atoms with Gasteiger partial charge in [0, 0.05) is 24.6 Å². The maximum Gasteiger partial charge on any atom is 0.337 e. The van der Waals surface area contributed by atoms with Gasteiger partial charge in [-0.05, 0) is 36.3 Å². The van der Waals surface area contributed by atoms with E-state index < -0.39 is 22.0 Å². The van der Waals surface area contributed by atoms with Crippen molar-refractivity contribution in [2.75, 3.05) is 12.8 Å². The second kappa shape index (κ2) is 13.0. The lowest BCUT2D eigenvalue weighted by Crippen LogP contribution is -2.39. The predicted molar refractivity (Wildman–Crippen MR) is 154 cm³/mol. The number of carboxylic acid groups (broad SMARTS) is 1. The Morgan fingerprint density at radius 2 is 1.79 bits per heavy atom. The van der Waals surface area contributed by atoms with Gasteiger partial charge in [0.05, 0.1) is 16.2 Å². The van der Waals surface area contributed by atoms with Crippen molar-refractivity contribution in [2.24, 2.45) is 0 Å². The number of nitrogens with one attached hydrogen (secondary N) is 2. The number of nitrogens with zero attached hydrogens (tertiary/aromatic N) is 2. The monoisotopic (exact) mass is 570 g/mol. The minimum atomic E-state index is -4.11. The quantitative estimate of drug-likeness (QED) is 0.198. The third-order valence-corrected chi connectivity index (χ3v) is 8.36. The van der Waals surface area contributed by atoms with Crippen LogP contribution in [0.5, 0.6) is 0 Å². The number of carboxylic acids is 1. The Balaban J connectivity index is 1.98. The average molecular weight is 571 g/mol. The van der Waals surface area contributed by atoms with E-state index in [-0.39, 0.29) is 16.4 Å². The maximum atomic E-state index is 13.0. The fourth-order valence-corrected chi connectivity index (χ4v) is 5.84. The second-order valence-corrected chi connectivity index (χ2v) is 11.5. The molecule has 1 heterocycles. The van der Waals surface area contributed by atoms with E-state index in [1.54, 1.807) is 18.2 Å². The van der Waals surface area contributed by atoms with E-state index in [1.165, 1.54) is 17.8 Å². The summed E-state index contributed by atoms with van der Waals surface area (Å²) in [5.41, 5.74) is 2.45. The summed E-state index contributed by atoms with van der Waals surface area (Å²) in [7, 11) is -4.11. The molecule has 208 valence electrons. The molecule has 3 rings (SSSR count). The number of imidazole rings is 1. The highest BCUT2D eigenvalue weighted by atomic mass is 32.2. The van der Waals surface area contributed by atoms with E-state index in [4.69, 9.17) is 4.98 Å². The van der Waals surface area contributed by atoms with Gasteiger partial charge in [0.25, 0.3) is 10.0 Å². The van der Waals surface area contributed by atoms with Gasteiger partial charge in [0.2, 0.25) is 0 Å². The van der Waals surface area contributed by atoms with Gasteiger partial charge in [-0.15, -0.1) is 11.8 Å². The Bertz CT molecular complexity index is 1460. The number of benzene rings is 2. The molecule has 0 saturated heterocycles. The summed E-state index contributed by atoms with van der Waals surface area (Å²) in [6.45, 7) is 10.5. The topological polar surface area (TPSA) is 130 Å². The zero-order valence-corrected chi connectivity index (χ0v) is 24.2. The molecule has 0 aliphatic heterocycles. The highest BCUT2D eigenvalue weighted by Gasteiger charge is 2.25. The van der Waals surface area contributed by atoms with E-state index in [2.05, 4.69) is 23.5 Å². The first-order valence-corrected chi connectivity index (χ1v) is 15.3. The van der Waals surface area contributed by atoms with Crippen LogP contribution in [-0.4, -0.2) is 47.9 Å². The number of carbonyl (C=O) groups excluding carboxylic acids is 1. The third kappa shape index (κ3) is 6.90. The van der Waals surface area contributed by atoms with Crippen LogP contribution >= 0.6 is 11.8 Å². The van der Waals surface area contributed by atoms with Crippen LogP contribution in [0.1, 0.15) is 56.6 Å². The molecular formula is C28H34N4O5S2. The molecule has 11 heteroatoms. The molecule has 1 unspecified atom stereocenters. The number of amides is 2. The molecule has 2 aromatic carbocycles. The standard InChI is InChI=1S/C28H34N4O5S2/c1-6-16-29-28(35)31-39(36,37)23-11-9-8-10-22(23)21-14-12-20(13-15-21)17-32-24(19(4)27(33)34)26(38-5)30-25(32)18(3)7-2/h8-15,18H,4,6-7,16-17H2,1-3,5H3,(H,33,34)(H2,29,31,35). The summed E-state index contributed by atoms with van der Waals surface area (Å²) < 4.78 is 29.9. The van der Waals surface area contributed by atoms with Crippen molar-refractivity contribution in [3.8, 4) is 11.1 Å². The lowest BCUT2D eigenvalue weighted by molar-refractivity contribution is -0.130. The first-order chi connectivity index (χ1) is 18.5. The summed E-state index contributed by atoms with van der Waals surface area (Å²) in [6, 6.07) is 13.1. The smallest absolute Gasteiger partial charge is 0.337 e.